The molecule has 0 bridgehead atoms. The van der Waals surface area contributed by atoms with E-state index in [0.717, 1.165) is 25.2 Å². The molecule has 1 saturated heterocycles. The minimum Gasteiger partial charge on any atom is -0.475 e. The molecule has 34 heavy (non-hydrogen) atoms. The molecule has 10 nitrogen and oxygen atoms in total. The van der Waals surface area contributed by atoms with Gasteiger partial charge in [0.2, 0.25) is 5.91 Å². The van der Waals surface area contributed by atoms with Gasteiger partial charge in [-0.1, -0.05) is 13.8 Å². The summed E-state index contributed by atoms with van der Waals surface area (Å²) < 4.78 is 33.6. The van der Waals surface area contributed by atoms with Crippen LogP contribution in [-0.4, -0.2) is 86.2 Å². The van der Waals surface area contributed by atoms with E-state index in [1.165, 1.54) is 0 Å². The lowest BCUT2D eigenvalue weighted by molar-refractivity contribution is -0.192. The monoisotopic (exact) mass is 486 g/mol. The highest BCUT2D eigenvalue weighted by atomic mass is 19.4. The summed E-state index contributed by atoms with van der Waals surface area (Å²) in [5, 5.41) is 18.8. The zero-order valence-corrected chi connectivity index (χ0v) is 19.5. The Balaban J connectivity index is 0.000000509. The van der Waals surface area contributed by atoms with Crippen LogP contribution in [-0.2, 0) is 9.59 Å². The summed E-state index contributed by atoms with van der Waals surface area (Å²) in [6.07, 6.45) is -1.49. The first-order valence-corrected chi connectivity index (χ1v) is 10.8. The van der Waals surface area contributed by atoms with Crippen LogP contribution in [0.4, 0.5) is 13.2 Å². The highest BCUT2D eigenvalue weighted by Gasteiger charge is 2.38. The van der Waals surface area contributed by atoms with Crippen LogP contribution >= 0.6 is 0 Å². The van der Waals surface area contributed by atoms with E-state index in [4.69, 9.17) is 9.90 Å². The van der Waals surface area contributed by atoms with Crippen LogP contribution in [0.3, 0.4) is 0 Å². The van der Waals surface area contributed by atoms with E-state index in [-0.39, 0.29) is 23.9 Å². The Morgan fingerprint density at radius 1 is 1.18 bits per heavy atom. The van der Waals surface area contributed by atoms with Gasteiger partial charge in [-0.15, -0.1) is 10.2 Å². The molecule has 2 N–H and O–H groups in total. The first kappa shape index (κ1) is 27.0. The van der Waals surface area contributed by atoms with E-state index in [0.29, 0.717) is 24.3 Å². The maximum atomic E-state index is 12.6. The number of likely N-dealkylation sites (N-methyl/N-ethyl adjacent to an activating group) is 1. The Bertz CT molecular complexity index is 1020. The fraction of sp³-hybridized carbons (Fsp3) is 0.571. The number of pyridine rings is 1. The lowest BCUT2D eigenvalue weighted by atomic mass is 10.1. The van der Waals surface area contributed by atoms with E-state index >= 15 is 0 Å². The Morgan fingerprint density at radius 2 is 1.79 bits per heavy atom. The molecule has 0 aromatic carbocycles. The van der Waals surface area contributed by atoms with Crippen molar-refractivity contribution in [2.75, 3.05) is 26.7 Å². The molecule has 0 saturated carbocycles. The third-order valence-corrected chi connectivity index (χ3v) is 5.65. The Labute approximate surface area is 194 Å². The van der Waals surface area contributed by atoms with Gasteiger partial charge < -0.3 is 15.3 Å². The lowest BCUT2D eigenvalue weighted by Crippen LogP contribution is -2.48. The summed E-state index contributed by atoms with van der Waals surface area (Å²) in [4.78, 5) is 37.3. The molecule has 13 heteroatoms. The van der Waals surface area contributed by atoms with Crippen LogP contribution < -0.4 is 5.32 Å². The number of carbonyl (C=O) groups excluding carboxylic acids is 2. The molecule has 0 aliphatic carbocycles. The van der Waals surface area contributed by atoms with Crippen molar-refractivity contribution in [1.82, 2.24) is 29.7 Å². The predicted octanol–water partition coefficient (Wildman–Crippen LogP) is 2.12. The Hall–Kier alpha value is -3.22. The fourth-order valence-electron chi connectivity index (χ4n) is 3.47. The first-order valence-electron chi connectivity index (χ1n) is 10.8. The lowest BCUT2D eigenvalue weighted by Gasteiger charge is -2.38. The molecular weight excluding hydrogens is 457 g/mol. The summed E-state index contributed by atoms with van der Waals surface area (Å²) in [5.41, 5.74) is 1.27. The van der Waals surface area contributed by atoms with Crippen molar-refractivity contribution < 1.29 is 32.7 Å². The molecule has 1 aliphatic heterocycles. The summed E-state index contributed by atoms with van der Waals surface area (Å²) >= 11 is 0. The molecule has 1 atom stereocenters. The highest BCUT2D eigenvalue weighted by molar-refractivity contribution is 5.94. The van der Waals surface area contributed by atoms with Gasteiger partial charge in [0.15, 0.2) is 11.5 Å². The zero-order chi connectivity index (χ0) is 25.6. The molecule has 188 valence electrons. The van der Waals surface area contributed by atoms with Gasteiger partial charge in [0.25, 0.3) is 5.91 Å². The van der Waals surface area contributed by atoms with E-state index in [2.05, 4.69) is 34.3 Å². The van der Waals surface area contributed by atoms with Crippen LogP contribution in [0.1, 0.15) is 55.8 Å². The van der Waals surface area contributed by atoms with Crippen molar-refractivity contribution in [1.29, 1.82) is 0 Å². The van der Waals surface area contributed by atoms with Crippen LogP contribution in [0.5, 0.6) is 0 Å². The van der Waals surface area contributed by atoms with Gasteiger partial charge in [-0.3, -0.25) is 18.9 Å². The largest absolute Gasteiger partial charge is 0.490 e. The number of carbonyl (C=O) groups is 3. The molecule has 3 rings (SSSR count). The van der Waals surface area contributed by atoms with Crippen molar-refractivity contribution >= 4 is 23.4 Å². The molecule has 1 aliphatic rings. The van der Waals surface area contributed by atoms with E-state index in [1.54, 1.807) is 19.2 Å². The maximum Gasteiger partial charge on any atom is 0.490 e. The molecule has 2 aromatic rings. The average Bonchev–Trinajstić information content (AvgIpc) is 3.20. The van der Waals surface area contributed by atoms with Gasteiger partial charge in [0.05, 0.1) is 11.6 Å². The number of aliphatic carboxylic acids is 1. The number of carboxylic acid groups (broad SMARTS) is 1. The molecule has 1 fully saturated rings. The number of piperazine rings is 1. The van der Waals surface area contributed by atoms with E-state index in [9.17, 15) is 22.8 Å². The van der Waals surface area contributed by atoms with Gasteiger partial charge in [-0.25, -0.2) is 4.79 Å². The van der Waals surface area contributed by atoms with Crippen molar-refractivity contribution in [3.8, 4) is 0 Å². The number of halogens is 3. The number of nitrogens with one attached hydrogen (secondary N) is 1. The quantitative estimate of drug-likeness (QED) is 0.664. The van der Waals surface area contributed by atoms with Gasteiger partial charge in [-0.2, -0.15) is 13.2 Å². The van der Waals surface area contributed by atoms with Crippen molar-refractivity contribution in [2.45, 2.75) is 51.9 Å². The number of fused-ring (bicyclic) bond motifs is 1. The van der Waals surface area contributed by atoms with Gasteiger partial charge in [0.1, 0.15) is 0 Å². The van der Waals surface area contributed by atoms with E-state index in [1.807, 2.05) is 22.4 Å². The number of rotatable bonds is 5. The Morgan fingerprint density at radius 3 is 2.32 bits per heavy atom. The number of nitrogens with zero attached hydrogens (tertiary/aromatic N) is 5. The molecule has 2 amide bonds. The summed E-state index contributed by atoms with van der Waals surface area (Å²) in [5.74, 6) is -2.04. The summed E-state index contributed by atoms with van der Waals surface area (Å²) in [6.45, 7) is 7.77. The molecule has 1 unspecified atom stereocenters. The second-order valence-corrected chi connectivity index (χ2v) is 7.96. The number of hydrogen-bond acceptors (Lipinski definition) is 6. The van der Waals surface area contributed by atoms with Crippen LogP contribution in [0.25, 0.3) is 5.65 Å². The molecule has 0 radical (unpaired) electrons. The maximum absolute atomic E-state index is 12.6. The highest BCUT2D eigenvalue weighted by Crippen LogP contribution is 2.23. The number of hydrogen-bond donors (Lipinski definition) is 2. The number of carboxylic acids is 1. The van der Waals surface area contributed by atoms with Crippen LogP contribution in [0, 0.1) is 0 Å². The smallest absolute Gasteiger partial charge is 0.475 e. The van der Waals surface area contributed by atoms with E-state index < -0.39 is 12.1 Å². The average molecular weight is 486 g/mol. The molecule has 3 heterocycles. The van der Waals surface area contributed by atoms with Crippen molar-refractivity contribution in [3.63, 3.8) is 0 Å². The SMILES string of the molecule is CCC(CC)NC(=O)c1ccc2nnc(C3CN(C(C)=O)CCN3C)n2c1.O=C(O)C(F)(F)F. The minimum absolute atomic E-state index is 0.0602. The second-order valence-electron chi connectivity index (χ2n) is 7.96. The van der Waals surface area contributed by atoms with Gasteiger partial charge >= 0.3 is 12.1 Å². The number of aromatic nitrogens is 3. The van der Waals surface area contributed by atoms with Gasteiger partial charge in [0, 0.05) is 38.8 Å². The molecule has 0 spiro atoms. The third-order valence-electron chi connectivity index (χ3n) is 5.65. The van der Waals surface area contributed by atoms with Gasteiger partial charge in [-0.05, 0) is 32.0 Å². The van der Waals surface area contributed by atoms with Crippen LogP contribution in [0.15, 0.2) is 18.3 Å². The third kappa shape index (κ3) is 6.65. The minimum atomic E-state index is -5.08. The van der Waals surface area contributed by atoms with Crippen LogP contribution in [0.2, 0.25) is 0 Å². The normalized spacial score (nSPS) is 16.8. The zero-order valence-electron chi connectivity index (χ0n) is 19.5. The first-order chi connectivity index (χ1) is 15.9. The Kier molecular flexibility index (Phi) is 8.96. The molecule has 2 aromatic heterocycles. The topological polar surface area (TPSA) is 120 Å². The fourth-order valence-corrected chi connectivity index (χ4v) is 3.47. The standard InChI is InChI=1S/C19H28N6O2.C2HF3O2/c1-5-15(6-2)20-19(27)14-7-8-17-21-22-18(25(17)11-14)16-12-24(13(3)26)10-9-23(16)4;3-2(4,5)1(6)7/h7-8,11,15-16H,5-6,9-10,12H2,1-4H3,(H,20,27);(H,6,7). The predicted molar refractivity (Wildman–Crippen MR) is 116 cm³/mol. The summed E-state index contributed by atoms with van der Waals surface area (Å²) in [7, 11) is 2.02. The molecular formula is C21H29F3N6O4. The number of amides is 2. The van der Waals surface area contributed by atoms with Crippen molar-refractivity contribution in [3.05, 3.63) is 29.7 Å². The second kappa shape index (κ2) is 11.3. The summed E-state index contributed by atoms with van der Waals surface area (Å²) in [6, 6.07) is 3.69. The van der Waals surface area contributed by atoms with Crippen molar-refractivity contribution in [2.24, 2.45) is 0 Å². The number of alkyl halides is 3.